The maximum atomic E-state index is 5.60. The molecule has 4 aromatic rings. The monoisotopic (exact) mass is 374 g/mol. The van der Waals surface area contributed by atoms with Gasteiger partial charge in [-0.25, -0.2) is 9.97 Å². The summed E-state index contributed by atoms with van der Waals surface area (Å²) >= 11 is 0. The zero-order valence-electron chi connectivity index (χ0n) is 15.8. The second-order valence-corrected chi connectivity index (χ2v) is 7.74. The molecule has 1 aromatic carbocycles. The number of aromatic nitrogens is 6. The first-order valence-electron chi connectivity index (χ1n) is 9.75. The van der Waals surface area contributed by atoms with Crippen LogP contribution in [0.3, 0.4) is 0 Å². The van der Waals surface area contributed by atoms with E-state index in [9.17, 15) is 0 Å². The number of aryl methyl sites for hydroxylation is 1. The van der Waals surface area contributed by atoms with Gasteiger partial charge < -0.3 is 4.52 Å². The molecule has 0 unspecified atom stereocenters. The van der Waals surface area contributed by atoms with Gasteiger partial charge in [0.05, 0.1) is 17.3 Å². The van der Waals surface area contributed by atoms with Crippen molar-refractivity contribution < 1.29 is 4.52 Å². The van der Waals surface area contributed by atoms with Gasteiger partial charge in [0.25, 0.3) is 0 Å². The van der Waals surface area contributed by atoms with E-state index in [2.05, 4.69) is 61.5 Å². The third kappa shape index (κ3) is 3.40. The summed E-state index contributed by atoms with van der Waals surface area (Å²) in [6.07, 6.45) is 8.33. The first-order chi connectivity index (χ1) is 13.7. The Hall–Kier alpha value is -3.09. The van der Waals surface area contributed by atoms with Crippen LogP contribution in [0.5, 0.6) is 0 Å². The van der Waals surface area contributed by atoms with Crippen LogP contribution in [0.25, 0.3) is 11.0 Å². The summed E-state index contributed by atoms with van der Waals surface area (Å²) in [6, 6.07) is 8.47. The highest BCUT2D eigenvalue weighted by molar-refractivity contribution is 5.76. The highest BCUT2D eigenvalue weighted by atomic mass is 16.5. The molecule has 0 radical (unpaired) electrons. The minimum absolute atomic E-state index is 0.339. The SMILES string of the molecule is Cc1ccc(Cc2noc([C@H]3CC[C@H](Cc4ncnc5[nH]ncc45)C3)n2)cc1. The summed E-state index contributed by atoms with van der Waals surface area (Å²) in [5.74, 6) is 2.44. The van der Waals surface area contributed by atoms with Crippen molar-refractivity contribution in [3.8, 4) is 0 Å². The van der Waals surface area contributed by atoms with Crippen molar-refractivity contribution in [2.75, 3.05) is 0 Å². The molecule has 1 saturated carbocycles. The quantitative estimate of drug-likeness (QED) is 0.572. The fourth-order valence-electron chi connectivity index (χ4n) is 4.13. The molecule has 1 fully saturated rings. The van der Waals surface area contributed by atoms with Crippen LogP contribution in [0.2, 0.25) is 0 Å². The second-order valence-electron chi connectivity index (χ2n) is 7.74. The van der Waals surface area contributed by atoms with Crippen molar-refractivity contribution in [1.29, 1.82) is 0 Å². The van der Waals surface area contributed by atoms with E-state index in [0.717, 1.165) is 54.1 Å². The van der Waals surface area contributed by atoms with Crippen molar-refractivity contribution in [1.82, 2.24) is 30.3 Å². The predicted molar refractivity (Wildman–Crippen MR) is 104 cm³/mol. The molecule has 3 heterocycles. The largest absolute Gasteiger partial charge is 0.339 e. The number of rotatable bonds is 5. The van der Waals surface area contributed by atoms with Gasteiger partial charge in [-0.2, -0.15) is 10.1 Å². The van der Waals surface area contributed by atoms with Gasteiger partial charge in [-0.15, -0.1) is 0 Å². The third-order valence-electron chi connectivity index (χ3n) is 5.67. The Bertz CT molecular complexity index is 1080. The Morgan fingerprint density at radius 3 is 2.93 bits per heavy atom. The Balaban J connectivity index is 1.24. The normalized spacial score (nSPS) is 19.5. The van der Waals surface area contributed by atoms with Crippen LogP contribution in [0, 0.1) is 12.8 Å². The fourth-order valence-corrected chi connectivity index (χ4v) is 4.13. The molecule has 0 saturated heterocycles. The fraction of sp³-hybridized carbons (Fsp3) is 0.381. The number of nitrogens with zero attached hydrogens (tertiary/aromatic N) is 5. The number of H-pyrrole nitrogens is 1. The van der Waals surface area contributed by atoms with Crippen LogP contribution in [0.4, 0.5) is 0 Å². The minimum atomic E-state index is 0.339. The van der Waals surface area contributed by atoms with Gasteiger partial charge >= 0.3 is 0 Å². The van der Waals surface area contributed by atoms with E-state index in [4.69, 9.17) is 4.52 Å². The lowest BCUT2D eigenvalue weighted by atomic mass is 9.98. The van der Waals surface area contributed by atoms with E-state index in [1.54, 1.807) is 6.33 Å². The highest BCUT2D eigenvalue weighted by Crippen LogP contribution is 2.39. The van der Waals surface area contributed by atoms with Crippen LogP contribution in [-0.4, -0.2) is 30.3 Å². The zero-order valence-corrected chi connectivity index (χ0v) is 15.8. The second kappa shape index (κ2) is 7.14. The molecule has 7 heteroatoms. The van der Waals surface area contributed by atoms with Crippen molar-refractivity contribution in [3.63, 3.8) is 0 Å². The Morgan fingerprint density at radius 1 is 1.14 bits per heavy atom. The molecule has 142 valence electrons. The number of aromatic amines is 1. The van der Waals surface area contributed by atoms with Crippen molar-refractivity contribution in [2.45, 2.75) is 44.9 Å². The highest BCUT2D eigenvalue weighted by Gasteiger charge is 2.30. The molecule has 2 atom stereocenters. The van der Waals surface area contributed by atoms with E-state index in [-0.39, 0.29) is 0 Å². The van der Waals surface area contributed by atoms with Crippen LogP contribution < -0.4 is 0 Å². The van der Waals surface area contributed by atoms with Crippen LogP contribution in [0.15, 0.2) is 41.3 Å². The number of hydrogen-bond donors (Lipinski definition) is 1. The number of fused-ring (bicyclic) bond motifs is 1. The molecule has 0 amide bonds. The van der Waals surface area contributed by atoms with E-state index in [0.29, 0.717) is 18.3 Å². The maximum Gasteiger partial charge on any atom is 0.229 e. The molecule has 3 aromatic heterocycles. The van der Waals surface area contributed by atoms with E-state index in [1.807, 2.05) is 6.20 Å². The molecule has 1 aliphatic carbocycles. The average Bonchev–Trinajstić information content (AvgIpc) is 3.44. The molecule has 0 spiro atoms. The predicted octanol–water partition coefficient (Wildman–Crippen LogP) is 3.76. The zero-order chi connectivity index (χ0) is 18.9. The van der Waals surface area contributed by atoms with Gasteiger partial charge in [-0.05, 0) is 44.1 Å². The lowest BCUT2D eigenvalue weighted by Gasteiger charge is -2.09. The van der Waals surface area contributed by atoms with Crippen LogP contribution in [0.1, 0.15) is 53.7 Å². The molecular formula is C21H22N6O. The maximum absolute atomic E-state index is 5.60. The van der Waals surface area contributed by atoms with Gasteiger partial charge in [0.1, 0.15) is 6.33 Å². The van der Waals surface area contributed by atoms with Crippen LogP contribution in [-0.2, 0) is 12.8 Å². The lowest BCUT2D eigenvalue weighted by Crippen LogP contribution is -2.03. The van der Waals surface area contributed by atoms with E-state index >= 15 is 0 Å². The van der Waals surface area contributed by atoms with Gasteiger partial charge in [0.15, 0.2) is 11.5 Å². The average molecular weight is 374 g/mol. The Morgan fingerprint density at radius 2 is 2.04 bits per heavy atom. The Kier molecular flexibility index (Phi) is 4.35. The number of hydrogen-bond acceptors (Lipinski definition) is 6. The summed E-state index contributed by atoms with van der Waals surface area (Å²) < 4.78 is 5.60. The topological polar surface area (TPSA) is 93.4 Å². The van der Waals surface area contributed by atoms with E-state index in [1.165, 1.54) is 11.1 Å². The molecule has 0 bridgehead atoms. The molecule has 7 nitrogen and oxygen atoms in total. The van der Waals surface area contributed by atoms with Crippen molar-refractivity contribution in [3.05, 3.63) is 65.3 Å². The molecule has 1 N–H and O–H groups in total. The van der Waals surface area contributed by atoms with Gasteiger partial charge in [0.2, 0.25) is 5.89 Å². The molecule has 5 rings (SSSR count). The smallest absolute Gasteiger partial charge is 0.229 e. The first kappa shape index (κ1) is 17.0. The van der Waals surface area contributed by atoms with Crippen LogP contribution >= 0.6 is 0 Å². The van der Waals surface area contributed by atoms with Gasteiger partial charge in [0, 0.05) is 12.3 Å². The first-order valence-corrected chi connectivity index (χ1v) is 9.75. The standard InChI is InChI=1S/C21H22N6O/c1-13-2-4-14(5-3-13)10-19-25-21(28-27-19)16-7-6-15(8-16)9-18-17-11-24-26-20(17)23-12-22-18/h2-5,11-12,15-16H,6-10H2,1H3,(H,22,23,24,26)/t15-,16-/m0/s1. The molecular weight excluding hydrogens is 352 g/mol. The lowest BCUT2D eigenvalue weighted by molar-refractivity contribution is 0.347. The van der Waals surface area contributed by atoms with Crippen molar-refractivity contribution >= 4 is 11.0 Å². The number of nitrogens with one attached hydrogen (secondary N) is 1. The van der Waals surface area contributed by atoms with Gasteiger partial charge in [-0.3, -0.25) is 5.10 Å². The minimum Gasteiger partial charge on any atom is -0.339 e. The summed E-state index contributed by atoms with van der Waals surface area (Å²) in [5, 5.41) is 12.2. The third-order valence-corrected chi connectivity index (χ3v) is 5.67. The van der Waals surface area contributed by atoms with Gasteiger partial charge in [-0.1, -0.05) is 35.0 Å². The molecule has 28 heavy (non-hydrogen) atoms. The van der Waals surface area contributed by atoms with Crippen molar-refractivity contribution in [2.24, 2.45) is 5.92 Å². The summed E-state index contributed by atoms with van der Waals surface area (Å²) in [6.45, 7) is 2.09. The molecule has 0 aliphatic heterocycles. The summed E-state index contributed by atoms with van der Waals surface area (Å²) in [5.41, 5.74) is 4.33. The Labute approximate surface area is 162 Å². The summed E-state index contributed by atoms with van der Waals surface area (Å²) in [7, 11) is 0. The van der Waals surface area contributed by atoms with E-state index < -0.39 is 0 Å². The summed E-state index contributed by atoms with van der Waals surface area (Å²) in [4.78, 5) is 13.4. The molecule has 1 aliphatic rings. The number of benzene rings is 1.